The van der Waals surface area contributed by atoms with Crippen molar-refractivity contribution < 1.29 is 0 Å². The molecule has 0 radical (unpaired) electrons. The number of benzene rings is 2. The van der Waals surface area contributed by atoms with Crippen molar-refractivity contribution in [2.24, 2.45) is 5.73 Å². The Morgan fingerprint density at radius 2 is 1.75 bits per heavy atom. The van der Waals surface area contributed by atoms with E-state index in [0.29, 0.717) is 16.3 Å². The van der Waals surface area contributed by atoms with Crippen molar-refractivity contribution in [3.63, 3.8) is 0 Å². The SMILES string of the molecule is N#C/C(=C(/N)Sc1ccccc1N)c1ccccc1Br. The molecule has 0 aliphatic rings. The van der Waals surface area contributed by atoms with Crippen LogP contribution in [0.5, 0.6) is 0 Å². The zero-order chi connectivity index (χ0) is 14.5. The Morgan fingerprint density at radius 1 is 1.10 bits per heavy atom. The Morgan fingerprint density at radius 3 is 2.40 bits per heavy atom. The number of hydrogen-bond donors (Lipinski definition) is 2. The molecule has 2 aromatic rings. The summed E-state index contributed by atoms with van der Waals surface area (Å²) in [6.45, 7) is 0. The summed E-state index contributed by atoms with van der Waals surface area (Å²) in [6, 6.07) is 17.1. The monoisotopic (exact) mass is 345 g/mol. The lowest BCUT2D eigenvalue weighted by Gasteiger charge is -2.09. The molecule has 0 amide bonds. The molecular weight excluding hydrogens is 334 g/mol. The van der Waals surface area contributed by atoms with Crippen LogP contribution in [0.15, 0.2) is 62.9 Å². The highest BCUT2D eigenvalue weighted by atomic mass is 79.9. The number of anilines is 1. The normalized spacial score (nSPS) is 11.6. The number of thioether (sulfide) groups is 1. The quantitative estimate of drug-likeness (QED) is 0.501. The fourth-order valence-electron chi connectivity index (χ4n) is 1.65. The van der Waals surface area contributed by atoms with Crippen LogP contribution in [0.25, 0.3) is 5.57 Å². The number of hydrogen-bond acceptors (Lipinski definition) is 4. The summed E-state index contributed by atoms with van der Waals surface area (Å²) in [5.41, 5.74) is 13.8. The Kier molecular flexibility index (Phi) is 4.72. The number of nitriles is 1. The van der Waals surface area contributed by atoms with E-state index in [2.05, 4.69) is 22.0 Å². The van der Waals surface area contributed by atoms with E-state index in [-0.39, 0.29) is 0 Å². The van der Waals surface area contributed by atoms with Gasteiger partial charge in [0.05, 0.1) is 10.6 Å². The maximum atomic E-state index is 9.37. The van der Waals surface area contributed by atoms with E-state index in [1.54, 1.807) is 6.07 Å². The zero-order valence-corrected chi connectivity index (χ0v) is 12.9. The minimum absolute atomic E-state index is 0.428. The fraction of sp³-hybridized carbons (Fsp3) is 0. The first-order valence-electron chi connectivity index (χ1n) is 5.80. The molecule has 0 bridgehead atoms. The molecule has 0 heterocycles. The minimum atomic E-state index is 0.428. The lowest BCUT2D eigenvalue weighted by atomic mass is 10.1. The molecule has 0 aromatic heterocycles. The number of rotatable bonds is 3. The van der Waals surface area contributed by atoms with Gasteiger partial charge in [0.2, 0.25) is 0 Å². The standard InChI is InChI=1S/C15H12BrN3S/c16-12-6-2-1-5-10(12)11(9-17)15(19)20-14-8-4-3-7-13(14)18/h1-8H,18-19H2/b15-11+. The van der Waals surface area contributed by atoms with E-state index >= 15 is 0 Å². The molecule has 100 valence electrons. The van der Waals surface area contributed by atoms with Gasteiger partial charge in [0, 0.05) is 20.6 Å². The van der Waals surface area contributed by atoms with Gasteiger partial charge in [0.1, 0.15) is 6.07 Å². The summed E-state index contributed by atoms with van der Waals surface area (Å²) in [7, 11) is 0. The van der Waals surface area contributed by atoms with Crippen molar-refractivity contribution in [2.45, 2.75) is 4.90 Å². The molecule has 0 spiro atoms. The second-order valence-electron chi connectivity index (χ2n) is 3.97. The van der Waals surface area contributed by atoms with Gasteiger partial charge in [0.25, 0.3) is 0 Å². The summed E-state index contributed by atoms with van der Waals surface area (Å²) < 4.78 is 0.834. The molecule has 0 saturated heterocycles. The van der Waals surface area contributed by atoms with Gasteiger partial charge in [-0.2, -0.15) is 5.26 Å². The molecule has 0 aliphatic heterocycles. The molecule has 20 heavy (non-hydrogen) atoms. The van der Waals surface area contributed by atoms with Crippen molar-refractivity contribution in [2.75, 3.05) is 5.73 Å². The van der Waals surface area contributed by atoms with Crippen LogP contribution in [0.3, 0.4) is 0 Å². The molecule has 0 atom stereocenters. The van der Waals surface area contributed by atoms with Gasteiger partial charge >= 0.3 is 0 Å². The van der Waals surface area contributed by atoms with E-state index in [1.807, 2.05) is 42.5 Å². The third-order valence-corrected chi connectivity index (χ3v) is 4.35. The Balaban J connectivity index is 2.42. The Hall–Kier alpha value is -1.90. The lowest BCUT2D eigenvalue weighted by molar-refractivity contribution is 1.43. The predicted molar refractivity (Wildman–Crippen MR) is 87.6 cm³/mol. The summed E-state index contributed by atoms with van der Waals surface area (Å²) in [5, 5.41) is 9.80. The van der Waals surface area contributed by atoms with Crippen LogP contribution in [0.4, 0.5) is 5.69 Å². The van der Waals surface area contributed by atoms with Crippen LogP contribution in [0, 0.1) is 11.3 Å². The third-order valence-electron chi connectivity index (χ3n) is 2.64. The summed E-state index contributed by atoms with van der Waals surface area (Å²) >= 11 is 4.73. The molecule has 5 heteroatoms. The number of nitrogens with zero attached hydrogens (tertiary/aromatic N) is 1. The second kappa shape index (κ2) is 6.51. The lowest BCUT2D eigenvalue weighted by Crippen LogP contribution is -1.99. The largest absolute Gasteiger partial charge is 0.398 e. The summed E-state index contributed by atoms with van der Waals surface area (Å²) in [4.78, 5) is 0.838. The highest BCUT2D eigenvalue weighted by Gasteiger charge is 2.11. The third kappa shape index (κ3) is 3.16. The van der Waals surface area contributed by atoms with Crippen LogP contribution < -0.4 is 11.5 Å². The van der Waals surface area contributed by atoms with Crippen LogP contribution in [0.2, 0.25) is 0 Å². The molecule has 0 unspecified atom stereocenters. The van der Waals surface area contributed by atoms with Crippen LogP contribution in [0.1, 0.15) is 5.56 Å². The van der Waals surface area contributed by atoms with E-state index in [1.165, 1.54) is 11.8 Å². The van der Waals surface area contributed by atoms with Gasteiger partial charge in [-0.05, 0) is 18.2 Å². The van der Waals surface area contributed by atoms with E-state index in [4.69, 9.17) is 11.5 Å². The van der Waals surface area contributed by atoms with E-state index in [9.17, 15) is 5.26 Å². The number of nitrogens with two attached hydrogens (primary N) is 2. The average molecular weight is 346 g/mol. The van der Waals surface area contributed by atoms with Crippen LogP contribution in [-0.2, 0) is 0 Å². The minimum Gasteiger partial charge on any atom is -0.398 e. The predicted octanol–water partition coefficient (Wildman–Crippen LogP) is 3.97. The molecule has 2 aromatic carbocycles. The maximum Gasteiger partial charge on any atom is 0.103 e. The van der Waals surface area contributed by atoms with Gasteiger partial charge < -0.3 is 11.5 Å². The van der Waals surface area contributed by atoms with Gasteiger partial charge in [-0.3, -0.25) is 0 Å². The smallest absolute Gasteiger partial charge is 0.103 e. The molecule has 2 rings (SSSR count). The molecular formula is C15H12BrN3S. The molecule has 0 fully saturated rings. The van der Waals surface area contributed by atoms with Crippen molar-refractivity contribution >= 4 is 39.0 Å². The van der Waals surface area contributed by atoms with Crippen LogP contribution >= 0.6 is 27.7 Å². The number of para-hydroxylation sites is 1. The molecule has 0 saturated carbocycles. The number of halogens is 1. The van der Waals surface area contributed by atoms with Gasteiger partial charge in [-0.1, -0.05) is 58.0 Å². The first kappa shape index (κ1) is 14.5. The summed E-state index contributed by atoms with van der Waals surface area (Å²) in [6.07, 6.45) is 0. The van der Waals surface area contributed by atoms with Crippen molar-refractivity contribution in [1.29, 1.82) is 5.26 Å². The summed E-state index contributed by atoms with van der Waals surface area (Å²) in [5.74, 6) is 0. The average Bonchev–Trinajstić information content (AvgIpc) is 2.44. The van der Waals surface area contributed by atoms with Gasteiger partial charge in [0.15, 0.2) is 0 Å². The Labute approximate surface area is 130 Å². The van der Waals surface area contributed by atoms with Crippen molar-refractivity contribution in [3.8, 4) is 6.07 Å². The topological polar surface area (TPSA) is 75.8 Å². The van der Waals surface area contributed by atoms with Gasteiger partial charge in [-0.15, -0.1) is 0 Å². The zero-order valence-electron chi connectivity index (χ0n) is 10.5. The van der Waals surface area contributed by atoms with Gasteiger partial charge in [-0.25, -0.2) is 0 Å². The fourth-order valence-corrected chi connectivity index (χ4v) is 2.97. The first-order chi connectivity index (χ1) is 9.63. The second-order valence-corrected chi connectivity index (χ2v) is 5.91. The molecule has 0 aliphatic carbocycles. The highest BCUT2D eigenvalue weighted by Crippen LogP contribution is 2.34. The first-order valence-corrected chi connectivity index (χ1v) is 7.41. The molecule has 3 nitrogen and oxygen atoms in total. The Bertz CT molecular complexity index is 704. The van der Waals surface area contributed by atoms with Crippen molar-refractivity contribution in [1.82, 2.24) is 0 Å². The highest BCUT2D eigenvalue weighted by molar-refractivity contribution is 9.10. The number of allylic oxidation sites excluding steroid dienone is 1. The number of nitrogen functional groups attached to an aromatic ring is 1. The van der Waals surface area contributed by atoms with Crippen molar-refractivity contribution in [3.05, 3.63) is 63.6 Å². The van der Waals surface area contributed by atoms with E-state index < -0.39 is 0 Å². The maximum absolute atomic E-state index is 9.37. The van der Waals surface area contributed by atoms with Crippen LogP contribution in [-0.4, -0.2) is 0 Å². The molecule has 4 N–H and O–H groups in total. The van der Waals surface area contributed by atoms with E-state index in [0.717, 1.165) is 14.9 Å².